The van der Waals surface area contributed by atoms with Crippen LogP contribution in [0, 0.1) is 0 Å². The molecule has 2 aromatic rings. The van der Waals surface area contributed by atoms with Crippen molar-refractivity contribution in [3.63, 3.8) is 0 Å². The van der Waals surface area contributed by atoms with E-state index >= 15 is 0 Å². The maximum atomic E-state index is 11.8. The zero-order valence-electron chi connectivity index (χ0n) is 7.88. The van der Waals surface area contributed by atoms with Gasteiger partial charge in [-0.1, -0.05) is 0 Å². The van der Waals surface area contributed by atoms with Crippen molar-refractivity contribution in [1.29, 1.82) is 0 Å². The number of rotatable bonds is 4. The van der Waals surface area contributed by atoms with Gasteiger partial charge in [0.2, 0.25) is 10.0 Å². The molecule has 0 aromatic carbocycles. The summed E-state index contributed by atoms with van der Waals surface area (Å²) in [5.41, 5.74) is 0. The summed E-state index contributed by atoms with van der Waals surface area (Å²) in [4.78, 5) is 4.00. The van der Waals surface area contributed by atoms with Crippen LogP contribution in [-0.2, 0) is 16.6 Å². The van der Waals surface area contributed by atoms with Gasteiger partial charge in [0.15, 0.2) is 0 Å². The summed E-state index contributed by atoms with van der Waals surface area (Å²) in [5.74, 6) is 0. The van der Waals surface area contributed by atoms with Crippen LogP contribution in [0.2, 0.25) is 0 Å². The van der Waals surface area contributed by atoms with E-state index < -0.39 is 10.0 Å². The van der Waals surface area contributed by atoms with Crippen LogP contribution in [0.5, 0.6) is 0 Å². The van der Waals surface area contributed by atoms with Gasteiger partial charge in [-0.3, -0.25) is 0 Å². The summed E-state index contributed by atoms with van der Waals surface area (Å²) >= 11 is 5.83. The lowest BCUT2D eigenvalue weighted by molar-refractivity contribution is 0.583. The predicted octanol–water partition coefficient (Wildman–Crippen LogP) is 2.45. The Kier molecular flexibility index (Phi) is 3.75. The van der Waals surface area contributed by atoms with Crippen molar-refractivity contribution in [3.8, 4) is 0 Å². The summed E-state index contributed by atoms with van der Waals surface area (Å²) in [6.45, 7) is 0.232. The zero-order chi connectivity index (χ0) is 11.6. The van der Waals surface area contributed by atoms with E-state index in [0.29, 0.717) is 4.21 Å². The molecule has 0 atom stereocenters. The number of sulfonamides is 1. The van der Waals surface area contributed by atoms with Gasteiger partial charge < -0.3 is 0 Å². The molecular formula is C8H7BrN2O2S3. The van der Waals surface area contributed by atoms with Crippen molar-refractivity contribution < 1.29 is 8.42 Å². The lowest BCUT2D eigenvalue weighted by atomic mass is 10.7. The molecule has 0 bridgehead atoms. The van der Waals surface area contributed by atoms with Gasteiger partial charge in [0.1, 0.15) is 9.22 Å². The number of hydrogen-bond acceptors (Lipinski definition) is 5. The van der Waals surface area contributed by atoms with Crippen LogP contribution in [0.4, 0.5) is 0 Å². The smallest absolute Gasteiger partial charge is 0.248 e. The SMILES string of the molecule is O=S(=O)(NCc1nccs1)c1ccc(Br)s1. The molecule has 2 rings (SSSR count). The van der Waals surface area contributed by atoms with Crippen molar-refractivity contribution in [1.82, 2.24) is 9.71 Å². The zero-order valence-corrected chi connectivity index (χ0v) is 11.9. The minimum absolute atomic E-state index is 0.232. The number of thiazole rings is 1. The Morgan fingerprint density at radius 3 is 2.81 bits per heavy atom. The molecule has 0 aliphatic carbocycles. The van der Waals surface area contributed by atoms with E-state index in [0.717, 1.165) is 8.79 Å². The van der Waals surface area contributed by atoms with Crippen LogP contribution in [0.1, 0.15) is 5.01 Å². The molecule has 0 radical (unpaired) electrons. The predicted molar refractivity (Wildman–Crippen MR) is 68.2 cm³/mol. The first-order chi connectivity index (χ1) is 7.58. The second kappa shape index (κ2) is 4.92. The topological polar surface area (TPSA) is 59.1 Å². The Labute approximate surface area is 110 Å². The van der Waals surface area contributed by atoms with E-state index in [1.165, 1.54) is 22.7 Å². The van der Waals surface area contributed by atoms with E-state index in [9.17, 15) is 8.42 Å². The third kappa shape index (κ3) is 2.89. The molecule has 86 valence electrons. The normalized spacial score (nSPS) is 11.8. The fourth-order valence-electron chi connectivity index (χ4n) is 1.01. The summed E-state index contributed by atoms with van der Waals surface area (Å²) in [6, 6.07) is 3.28. The molecule has 1 N–H and O–H groups in total. The van der Waals surface area contributed by atoms with Crippen LogP contribution >= 0.6 is 38.6 Å². The first kappa shape index (κ1) is 12.2. The third-order valence-electron chi connectivity index (χ3n) is 1.71. The quantitative estimate of drug-likeness (QED) is 0.931. The van der Waals surface area contributed by atoms with Gasteiger partial charge in [-0.25, -0.2) is 18.1 Å². The Morgan fingerprint density at radius 2 is 2.25 bits per heavy atom. The number of aromatic nitrogens is 1. The van der Waals surface area contributed by atoms with Crippen LogP contribution in [0.25, 0.3) is 0 Å². The highest BCUT2D eigenvalue weighted by atomic mass is 79.9. The number of hydrogen-bond donors (Lipinski definition) is 1. The van der Waals surface area contributed by atoms with Gasteiger partial charge in [0.25, 0.3) is 0 Å². The Bertz CT molecular complexity index is 562. The van der Waals surface area contributed by atoms with Crippen LogP contribution in [0.15, 0.2) is 31.7 Å². The summed E-state index contributed by atoms with van der Waals surface area (Å²) in [7, 11) is -3.41. The minimum atomic E-state index is -3.41. The molecule has 0 saturated heterocycles. The minimum Gasteiger partial charge on any atom is -0.248 e. The molecule has 0 spiro atoms. The lowest BCUT2D eigenvalue weighted by Gasteiger charge is -2.01. The van der Waals surface area contributed by atoms with E-state index in [-0.39, 0.29) is 6.54 Å². The highest BCUT2D eigenvalue weighted by molar-refractivity contribution is 9.11. The average Bonchev–Trinajstić information content (AvgIpc) is 2.85. The van der Waals surface area contributed by atoms with Gasteiger partial charge >= 0.3 is 0 Å². The molecule has 2 heterocycles. The molecule has 4 nitrogen and oxygen atoms in total. The summed E-state index contributed by atoms with van der Waals surface area (Å²) in [5, 5.41) is 2.56. The highest BCUT2D eigenvalue weighted by Gasteiger charge is 2.16. The van der Waals surface area contributed by atoms with Crippen molar-refractivity contribution >= 4 is 48.6 Å². The Balaban J connectivity index is 2.09. The fourth-order valence-corrected chi connectivity index (χ4v) is 4.70. The molecule has 0 aliphatic heterocycles. The second-order valence-corrected chi connectivity index (χ2v) is 8.24. The van der Waals surface area contributed by atoms with Gasteiger partial charge in [-0.15, -0.1) is 22.7 Å². The Hall–Kier alpha value is -0.280. The maximum Gasteiger partial charge on any atom is 0.250 e. The number of halogens is 1. The van der Waals surface area contributed by atoms with Crippen molar-refractivity contribution in [2.75, 3.05) is 0 Å². The average molecular weight is 339 g/mol. The second-order valence-electron chi connectivity index (χ2n) is 2.81. The largest absolute Gasteiger partial charge is 0.250 e. The van der Waals surface area contributed by atoms with Crippen molar-refractivity contribution in [3.05, 3.63) is 32.5 Å². The molecule has 8 heteroatoms. The monoisotopic (exact) mass is 338 g/mol. The summed E-state index contributed by atoms with van der Waals surface area (Å²) in [6.07, 6.45) is 1.65. The maximum absolute atomic E-state index is 11.8. The van der Waals surface area contributed by atoms with E-state index in [4.69, 9.17) is 0 Å². The molecule has 16 heavy (non-hydrogen) atoms. The van der Waals surface area contributed by atoms with Crippen LogP contribution in [0.3, 0.4) is 0 Å². The van der Waals surface area contributed by atoms with E-state index in [2.05, 4.69) is 25.6 Å². The fraction of sp³-hybridized carbons (Fsp3) is 0.125. The molecule has 0 amide bonds. The van der Waals surface area contributed by atoms with Crippen LogP contribution < -0.4 is 4.72 Å². The lowest BCUT2D eigenvalue weighted by Crippen LogP contribution is -2.22. The van der Waals surface area contributed by atoms with Gasteiger partial charge in [-0.05, 0) is 28.1 Å². The van der Waals surface area contributed by atoms with Crippen molar-refractivity contribution in [2.45, 2.75) is 10.8 Å². The van der Waals surface area contributed by atoms with E-state index in [1.54, 1.807) is 18.3 Å². The molecule has 0 saturated carbocycles. The number of nitrogens with zero attached hydrogens (tertiary/aromatic N) is 1. The number of nitrogens with one attached hydrogen (secondary N) is 1. The first-order valence-electron chi connectivity index (χ1n) is 4.21. The highest BCUT2D eigenvalue weighted by Crippen LogP contribution is 2.25. The van der Waals surface area contributed by atoms with Gasteiger partial charge in [0, 0.05) is 11.6 Å². The molecule has 0 aliphatic rings. The Morgan fingerprint density at radius 1 is 1.44 bits per heavy atom. The number of thiophene rings is 1. The van der Waals surface area contributed by atoms with Crippen LogP contribution in [-0.4, -0.2) is 13.4 Å². The molecule has 0 fully saturated rings. The molecule has 0 unspecified atom stereocenters. The standard InChI is InChI=1S/C8H7BrN2O2S3/c9-6-1-2-8(15-6)16(12,13)11-5-7-10-3-4-14-7/h1-4,11H,5H2. The van der Waals surface area contributed by atoms with Gasteiger partial charge in [0.05, 0.1) is 10.3 Å². The molecule has 2 aromatic heterocycles. The molecular weight excluding hydrogens is 332 g/mol. The van der Waals surface area contributed by atoms with Gasteiger partial charge in [-0.2, -0.15) is 0 Å². The summed E-state index contributed by atoms with van der Waals surface area (Å²) < 4.78 is 27.2. The van der Waals surface area contributed by atoms with E-state index in [1.807, 2.05) is 5.38 Å². The third-order valence-corrected chi connectivity index (χ3v) is 6.01. The first-order valence-corrected chi connectivity index (χ1v) is 8.18. The van der Waals surface area contributed by atoms with Crippen molar-refractivity contribution in [2.24, 2.45) is 0 Å².